The summed E-state index contributed by atoms with van der Waals surface area (Å²) in [5, 5.41) is 13.7. The molecular weight excluding hydrogens is 549 g/mol. The number of allylic oxidation sites excluding steroid dienone is 4. The van der Waals surface area contributed by atoms with Crippen molar-refractivity contribution in [3.05, 3.63) is 112 Å². The molecule has 43 heavy (non-hydrogen) atoms. The summed E-state index contributed by atoms with van der Waals surface area (Å²) in [5.41, 5.74) is 6.16. The van der Waals surface area contributed by atoms with Crippen molar-refractivity contribution in [1.29, 1.82) is 0 Å². The van der Waals surface area contributed by atoms with Gasteiger partial charge in [-0.15, -0.1) is 6.58 Å². The predicted molar refractivity (Wildman–Crippen MR) is 172 cm³/mol. The standard InChI is InChI=1S/C31H37F3N4O.C4H8/c1-6-20(3)15-28(16-21(4)7-2)35-29-19-27(37-38-29)14-12-23-18-26(13-11-22(23)5)36-30(39)24-9-8-10-25(17-24)31(32,33)34;1-4(2)3/h8-11,13,15-20H,6-7,12,14H2,1-5H3,(H,36,39)(H2,35,37,38);1H2,2-3H3/b21-16?,28-15+;. The molecule has 8 heteroatoms. The predicted octanol–water partition coefficient (Wildman–Crippen LogP) is 10.1. The lowest BCUT2D eigenvalue weighted by Crippen LogP contribution is -2.14. The van der Waals surface area contributed by atoms with Gasteiger partial charge in [0, 0.05) is 28.7 Å². The molecule has 1 aromatic heterocycles. The second-order valence-corrected chi connectivity index (χ2v) is 11.1. The molecule has 0 bridgehead atoms. The molecule has 5 nitrogen and oxygen atoms in total. The van der Waals surface area contributed by atoms with Crippen molar-refractivity contribution in [3.63, 3.8) is 0 Å². The SMILES string of the molecule is C=C(C)C.CCC(C)=C/C(=C\C(C)CC)Nc1cc(CCc2cc(NC(=O)c3cccc(C(F)(F)F)c3)ccc2C)[nH]n1. The van der Waals surface area contributed by atoms with Gasteiger partial charge < -0.3 is 10.6 Å². The van der Waals surface area contributed by atoms with E-state index in [2.05, 4.69) is 67.3 Å². The van der Waals surface area contributed by atoms with Gasteiger partial charge in [-0.05, 0) is 100 Å². The number of anilines is 2. The number of rotatable bonds is 11. The molecule has 0 spiro atoms. The quantitative estimate of drug-likeness (QED) is 0.153. The largest absolute Gasteiger partial charge is 0.416 e. The van der Waals surface area contributed by atoms with Crippen LogP contribution < -0.4 is 10.6 Å². The number of aromatic amines is 1. The molecule has 0 saturated carbocycles. The van der Waals surface area contributed by atoms with Crippen LogP contribution in [0.5, 0.6) is 0 Å². The summed E-state index contributed by atoms with van der Waals surface area (Å²) in [6, 6.07) is 11.9. The van der Waals surface area contributed by atoms with Gasteiger partial charge in [0.2, 0.25) is 0 Å². The minimum atomic E-state index is -4.51. The van der Waals surface area contributed by atoms with Gasteiger partial charge in [0.25, 0.3) is 5.91 Å². The number of carbonyl (C=O) groups excluding carboxylic acids is 1. The third kappa shape index (κ3) is 12.4. The van der Waals surface area contributed by atoms with Crippen LogP contribution in [0.15, 0.2) is 84.1 Å². The second-order valence-electron chi connectivity index (χ2n) is 11.1. The number of hydrogen-bond acceptors (Lipinski definition) is 3. The first-order valence-electron chi connectivity index (χ1n) is 14.6. The van der Waals surface area contributed by atoms with Crippen molar-refractivity contribution in [1.82, 2.24) is 10.2 Å². The highest BCUT2D eigenvalue weighted by Gasteiger charge is 2.30. The normalized spacial score (nSPS) is 12.7. The Balaban J connectivity index is 0.00000151. The van der Waals surface area contributed by atoms with Gasteiger partial charge in [-0.2, -0.15) is 18.3 Å². The number of nitrogens with zero attached hydrogens (tertiary/aromatic N) is 1. The van der Waals surface area contributed by atoms with E-state index in [4.69, 9.17) is 0 Å². The average Bonchev–Trinajstić information content (AvgIpc) is 3.39. The minimum absolute atomic E-state index is 0.0461. The Hall–Kier alpha value is -4.07. The molecule has 232 valence electrons. The number of amides is 1. The molecule has 0 radical (unpaired) electrons. The van der Waals surface area contributed by atoms with Gasteiger partial charge >= 0.3 is 6.18 Å². The molecule has 0 aliphatic heterocycles. The fourth-order valence-electron chi connectivity index (χ4n) is 3.95. The molecule has 1 unspecified atom stereocenters. The molecule has 1 atom stereocenters. The van der Waals surface area contributed by atoms with Crippen molar-refractivity contribution >= 4 is 17.4 Å². The van der Waals surface area contributed by atoms with Gasteiger partial charge in [-0.25, -0.2) is 0 Å². The second kappa shape index (κ2) is 16.5. The van der Waals surface area contributed by atoms with Gasteiger partial charge in [-0.1, -0.05) is 56.5 Å². The molecule has 3 aromatic rings. The molecule has 0 aliphatic carbocycles. The maximum Gasteiger partial charge on any atom is 0.416 e. The third-order valence-electron chi connectivity index (χ3n) is 6.69. The zero-order valence-electron chi connectivity index (χ0n) is 26.4. The van der Waals surface area contributed by atoms with Gasteiger partial charge in [-0.3, -0.25) is 9.89 Å². The van der Waals surface area contributed by atoms with Crippen LogP contribution in [0.3, 0.4) is 0 Å². The topological polar surface area (TPSA) is 69.8 Å². The molecule has 1 amide bonds. The third-order valence-corrected chi connectivity index (χ3v) is 6.69. The summed E-state index contributed by atoms with van der Waals surface area (Å²) in [6.45, 7) is 18.1. The number of halogens is 3. The Morgan fingerprint density at radius 3 is 2.37 bits per heavy atom. The Morgan fingerprint density at radius 1 is 1.05 bits per heavy atom. The van der Waals surface area contributed by atoms with Crippen LogP contribution in [0.25, 0.3) is 0 Å². The Morgan fingerprint density at radius 2 is 1.74 bits per heavy atom. The zero-order valence-corrected chi connectivity index (χ0v) is 26.4. The number of benzene rings is 2. The number of alkyl halides is 3. The van der Waals surface area contributed by atoms with E-state index >= 15 is 0 Å². The number of H-pyrrole nitrogens is 1. The van der Waals surface area contributed by atoms with Crippen molar-refractivity contribution in [2.45, 2.75) is 80.3 Å². The molecule has 3 N–H and O–H groups in total. The lowest BCUT2D eigenvalue weighted by molar-refractivity contribution is -0.137. The van der Waals surface area contributed by atoms with Gasteiger partial charge in [0.05, 0.1) is 5.56 Å². The Labute approximate surface area is 254 Å². The van der Waals surface area contributed by atoms with Gasteiger partial charge in [0.1, 0.15) is 0 Å². The van der Waals surface area contributed by atoms with Crippen molar-refractivity contribution < 1.29 is 18.0 Å². The lowest BCUT2D eigenvalue weighted by Gasteiger charge is -2.11. The maximum absolute atomic E-state index is 13.0. The number of aromatic nitrogens is 2. The fourth-order valence-corrected chi connectivity index (χ4v) is 3.95. The van der Waals surface area contributed by atoms with Crippen LogP contribution >= 0.6 is 0 Å². The summed E-state index contributed by atoms with van der Waals surface area (Å²) >= 11 is 0. The van der Waals surface area contributed by atoms with Gasteiger partial charge in [0.15, 0.2) is 5.82 Å². The first kappa shape index (κ1) is 35.1. The Kier molecular flexibility index (Phi) is 13.5. The first-order chi connectivity index (χ1) is 20.2. The summed E-state index contributed by atoms with van der Waals surface area (Å²) in [7, 11) is 0. The molecule has 2 aromatic carbocycles. The van der Waals surface area contributed by atoms with E-state index in [1.165, 1.54) is 23.3 Å². The zero-order chi connectivity index (χ0) is 32.2. The fraction of sp³-hybridized carbons (Fsp3) is 0.371. The van der Waals surface area contributed by atoms with Crippen LogP contribution in [0, 0.1) is 12.8 Å². The maximum atomic E-state index is 13.0. The van der Waals surface area contributed by atoms with E-state index in [0.29, 0.717) is 24.4 Å². The lowest BCUT2D eigenvalue weighted by atomic mass is 10.0. The highest BCUT2D eigenvalue weighted by Crippen LogP contribution is 2.30. The monoisotopic (exact) mass is 594 g/mol. The summed E-state index contributed by atoms with van der Waals surface area (Å²) in [4.78, 5) is 12.6. The van der Waals surface area contributed by atoms with Crippen molar-refractivity contribution in [3.8, 4) is 0 Å². The first-order valence-corrected chi connectivity index (χ1v) is 14.6. The average molecular weight is 595 g/mol. The summed E-state index contributed by atoms with van der Waals surface area (Å²) in [6.07, 6.45) is 3.30. The van der Waals surface area contributed by atoms with Crippen molar-refractivity contribution in [2.75, 3.05) is 10.6 Å². The van der Waals surface area contributed by atoms with Crippen LogP contribution in [0.4, 0.5) is 24.7 Å². The highest BCUT2D eigenvalue weighted by molar-refractivity contribution is 6.04. The van der Waals surface area contributed by atoms with E-state index in [0.717, 1.165) is 53.3 Å². The van der Waals surface area contributed by atoms with Crippen molar-refractivity contribution in [2.24, 2.45) is 5.92 Å². The number of nitrogens with one attached hydrogen (secondary N) is 3. The van der Waals surface area contributed by atoms with Crippen LogP contribution in [0.2, 0.25) is 0 Å². The van der Waals surface area contributed by atoms with E-state index in [1.54, 1.807) is 6.07 Å². The van der Waals surface area contributed by atoms with E-state index < -0.39 is 17.6 Å². The number of carbonyl (C=O) groups is 1. The number of aryl methyl sites for hydroxylation is 3. The smallest absolute Gasteiger partial charge is 0.339 e. The molecule has 0 fully saturated rings. The molecule has 3 rings (SSSR count). The molecule has 0 aliphatic rings. The molecular formula is C35H45F3N4O. The number of hydrogen-bond donors (Lipinski definition) is 3. The highest BCUT2D eigenvalue weighted by atomic mass is 19.4. The molecule has 0 saturated heterocycles. The summed E-state index contributed by atoms with van der Waals surface area (Å²) < 4.78 is 39.1. The van der Waals surface area contributed by atoms with Crippen LogP contribution in [-0.2, 0) is 19.0 Å². The Bertz CT molecular complexity index is 1430. The summed E-state index contributed by atoms with van der Waals surface area (Å²) in [5.74, 6) is 0.600. The minimum Gasteiger partial charge on any atom is -0.339 e. The van der Waals surface area contributed by atoms with E-state index in [1.807, 2.05) is 39.0 Å². The van der Waals surface area contributed by atoms with Crippen LogP contribution in [0.1, 0.15) is 87.1 Å². The molecule has 1 heterocycles. The van der Waals surface area contributed by atoms with E-state index in [9.17, 15) is 18.0 Å². The van der Waals surface area contributed by atoms with Crippen LogP contribution in [-0.4, -0.2) is 16.1 Å². The van der Waals surface area contributed by atoms with E-state index in [-0.39, 0.29) is 5.56 Å².